The fraction of sp³-hybridized carbons (Fsp3) is 0.588. The molecule has 0 aliphatic heterocycles. The van der Waals surface area contributed by atoms with Gasteiger partial charge in [0.15, 0.2) is 6.61 Å². The molecule has 0 unspecified atom stereocenters. The second-order valence-corrected chi connectivity index (χ2v) is 5.97. The molecule has 1 saturated carbocycles. The van der Waals surface area contributed by atoms with Gasteiger partial charge in [-0.05, 0) is 43.4 Å². The number of benzene rings is 1. The standard InChI is InChI=1S/C17H26N2O2/c1-13(15-5-3-2-4-6-15)19-11-14-7-9-16(10-8-14)21-12-17(18)20/h7-10,13,15,19H,2-6,11-12H2,1H3,(H2,18,20)/t13-/m1/s1. The van der Waals surface area contributed by atoms with Crippen molar-refractivity contribution in [1.29, 1.82) is 0 Å². The first kappa shape index (κ1) is 15.8. The number of rotatable bonds is 7. The van der Waals surface area contributed by atoms with Crippen molar-refractivity contribution >= 4 is 5.91 Å². The van der Waals surface area contributed by atoms with Gasteiger partial charge >= 0.3 is 0 Å². The lowest BCUT2D eigenvalue weighted by Crippen LogP contribution is -2.34. The van der Waals surface area contributed by atoms with E-state index in [9.17, 15) is 4.79 Å². The van der Waals surface area contributed by atoms with Crippen molar-refractivity contribution < 1.29 is 9.53 Å². The minimum absolute atomic E-state index is 0.0731. The van der Waals surface area contributed by atoms with Crippen LogP contribution in [0.1, 0.15) is 44.6 Å². The van der Waals surface area contributed by atoms with Crippen LogP contribution in [0.3, 0.4) is 0 Å². The molecule has 0 heterocycles. The van der Waals surface area contributed by atoms with E-state index < -0.39 is 5.91 Å². The molecular formula is C17H26N2O2. The molecule has 2 rings (SSSR count). The Morgan fingerprint density at radius 2 is 1.95 bits per heavy atom. The van der Waals surface area contributed by atoms with Crippen molar-refractivity contribution in [2.75, 3.05) is 6.61 Å². The lowest BCUT2D eigenvalue weighted by molar-refractivity contribution is -0.119. The van der Waals surface area contributed by atoms with Gasteiger partial charge in [-0.25, -0.2) is 0 Å². The van der Waals surface area contributed by atoms with Gasteiger partial charge in [0.05, 0.1) is 0 Å². The Morgan fingerprint density at radius 1 is 1.29 bits per heavy atom. The van der Waals surface area contributed by atoms with Gasteiger partial charge < -0.3 is 15.8 Å². The fourth-order valence-electron chi connectivity index (χ4n) is 2.94. The van der Waals surface area contributed by atoms with Gasteiger partial charge in [-0.1, -0.05) is 31.4 Å². The Morgan fingerprint density at radius 3 is 2.57 bits per heavy atom. The van der Waals surface area contributed by atoms with E-state index in [1.807, 2.05) is 24.3 Å². The number of hydrogen-bond acceptors (Lipinski definition) is 3. The van der Waals surface area contributed by atoms with Crippen LogP contribution in [0.5, 0.6) is 5.75 Å². The van der Waals surface area contributed by atoms with Crippen LogP contribution in [0.2, 0.25) is 0 Å². The number of hydrogen-bond donors (Lipinski definition) is 2. The number of primary amides is 1. The summed E-state index contributed by atoms with van der Waals surface area (Å²) in [5, 5.41) is 3.62. The molecular weight excluding hydrogens is 264 g/mol. The molecule has 1 aromatic rings. The van der Waals surface area contributed by atoms with E-state index in [0.29, 0.717) is 11.8 Å². The Kier molecular flexibility index (Phi) is 6.05. The summed E-state index contributed by atoms with van der Waals surface area (Å²) in [4.78, 5) is 10.7. The van der Waals surface area contributed by atoms with Gasteiger partial charge in [0, 0.05) is 12.6 Å². The van der Waals surface area contributed by atoms with Gasteiger partial charge in [-0.3, -0.25) is 4.79 Å². The summed E-state index contributed by atoms with van der Waals surface area (Å²) >= 11 is 0. The van der Waals surface area contributed by atoms with Gasteiger partial charge in [0.25, 0.3) is 5.91 Å². The van der Waals surface area contributed by atoms with Crippen LogP contribution in [0.4, 0.5) is 0 Å². The Balaban J connectivity index is 1.76. The second kappa shape index (κ2) is 8.03. The smallest absolute Gasteiger partial charge is 0.255 e. The minimum Gasteiger partial charge on any atom is -0.484 e. The first-order valence-corrected chi connectivity index (χ1v) is 7.88. The molecule has 116 valence electrons. The van der Waals surface area contributed by atoms with Crippen LogP contribution in [-0.4, -0.2) is 18.6 Å². The molecule has 0 saturated heterocycles. The molecule has 1 amide bonds. The van der Waals surface area contributed by atoms with E-state index in [0.717, 1.165) is 12.5 Å². The predicted molar refractivity (Wildman–Crippen MR) is 84.0 cm³/mol. The molecule has 1 aliphatic carbocycles. The van der Waals surface area contributed by atoms with E-state index >= 15 is 0 Å². The lowest BCUT2D eigenvalue weighted by Gasteiger charge is -2.28. The molecule has 1 fully saturated rings. The van der Waals surface area contributed by atoms with Crippen molar-refractivity contribution in [1.82, 2.24) is 5.32 Å². The molecule has 4 nitrogen and oxygen atoms in total. The van der Waals surface area contributed by atoms with Crippen LogP contribution in [0.25, 0.3) is 0 Å². The SMILES string of the molecule is C[C@@H](NCc1ccc(OCC(N)=O)cc1)C1CCCCC1. The first-order valence-electron chi connectivity index (χ1n) is 7.88. The first-order chi connectivity index (χ1) is 10.1. The molecule has 21 heavy (non-hydrogen) atoms. The van der Waals surface area contributed by atoms with E-state index in [-0.39, 0.29) is 6.61 Å². The molecule has 0 spiro atoms. The summed E-state index contributed by atoms with van der Waals surface area (Å²) < 4.78 is 5.25. The minimum atomic E-state index is -0.456. The predicted octanol–water partition coefficient (Wildman–Crippen LogP) is 2.61. The zero-order valence-electron chi connectivity index (χ0n) is 12.8. The number of amides is 1. The topological polar surface area (TPSA) is 64.3 Å². The second-order valence-electron chi connectivity index (χ2n) is 5.97. The summed E-state index contributed by atoms with van der Waals surface area (Å²) in [6.45, 7) is 3.09. The number of carbonyl (C=O) groups is 1. The third kappa shape index (κ3) is 5.38. The summed E-state index contributed by atoms with van der Waals surface area (Å²) in [5.41, 5.74) is 6.27. The van der Waals surface area contributed by atoms with Gasteiger partial charge in [-0.2, -0.15) is 0 Å². The summed E-state index contributed by atoms with van der Waals surface area (Å²) in [6, 6.07) is 8.38. The van der Waals surface area contributed by atoms with Crippen LogP contribution in [0, 0.1) is 5.92 Å². The zero-order chi connectivity index (χ0) is 15.1. The molecule has 3 N–H and O–H groups in total. The van der Waals surface area contributed by atoms with Crippen molar-refractivity contribution in [2.24, 2.45) is 11.7 Å². The number of nitrogens with two attached hydrogens (primary N) is 1. The highest BCUT2D eigenvalue weighted by Crippen LogP contribution is 2.26. The average Bonchev–Trinajstić information content (AvgIpc) is 2.52. The van der Waals surface area contributed by atoms with Gasteiger partial charge in [-0.15, -0.1) is 0 Å². The average molecular weight is 290 g/mol. The number of carbonyl (C=O) groups excluding carboxylic acids is 1. The Labute approximate surface area is 127 Å². The quantitative estimate of drug-likeness (QED) is 0.811. The van der Waals surface area contributed by atoms with E-state index in [1.54, 1.807) is 0 Å². The van der Waals surface area contributed by atoms with Crippen molar-refractivity contribution in [3.8, 4) is 5.75 Å². The summed E-state index contributed by atoms with van der Waals surface area (Å²) in [5.74, 6) is 1.04. The number of nitrogens with one attached hydrogen (secondary N) is 1. The normalized spacial score (nSPS) is 17.4. The molecule has 0 radical (unpaired) electrons. The highest BCUT2D eigenvalue weighted by Gasteiger charge is 2.19. The maximum Gasteiger partial charge on any atom is 0.255 e. The molecule has 1 aliphatic rings. The zero-order valence-corrected chi connectivity index (χ0v) is 12.8. The van der Waals surface area contributed by atoms with Crippen molar-refractivity contribution in [2.45, 2.75) is 51.6 Å². The molecule has 0 bridgehead atoms. The fourth-order valence-corrected chi connectivity index (χ4v) is 2.94. The Bertz CT molecular complexity index is 439. The number of ether oxygens (including phenoxy) is 1. The summed E-state index contributed by atoms with van der Waals surface area (Å²) in [7, 11) is 0. The molecule has 1 aromatic carbocycles. The van der Waals surface area contributed by atoms with Crippen molar-refractivity contribution in [3.05, 3.63) is 29.8 Å². The van der Waals surface area contributed by atoms with Crippen LogP contribution in [-0.2, 0) is 11.3 Å². The highest BCUT2D eigenvalue weighted by atomic mass is 16.5. The van der Waals surface area contributed by atoms with E-state index in [4.69, 9.17) is 10.5 Å². The third-order valence-corrected chi connectivity index (χ3v) is 4.29. The molecule has 4 heteroatoms. The van der Waals surface area contributed by atoms with E-state index in [1.165, 1.54) is 37.7 Å². The van der Waals surface area contributed by atoms with Crippen LogP contribution < -0.4 is 15.8 Å². The van der Waals surface area contributed by atoms with Crippen molar-refractivity contribution in [3.63, 3.8) is 0 Å². The molecule has 1 atom stereocenters. The third-order valence-electron chi connectivity index (χ3n) is 4.29. The van der Waals surface area contributed by atoms with Gasteiger partial charge in [0.1, 0.15) is 5.75 Å². The largest absolute Gasteiger partial charge is 0.484 e. The highest BCUT2D eigenvalue weighted by molar-refractivity contribution is 5.75. The van der Waals surface area contributed by atoms with Crippen LogP contribution >= 0.6 is 0 Å². The lowest BCUT2D eigenvalue weighted by atomic mass is 9.84. The maximum atomic E-state index is 10.7. The summed E-state index contributed by atoms with van der Waals surface area (Å²) in [6.07, 6.45) is 6.86. The molecule has 0 aromatic heterocycles. The van der Waals surface area contributed by atoms with Gasteiger partial charge in [0.2, 0.25) is 0 Å². The Hall–Kier alpha value is -1.55. The monoisotopic (exact) mass is 290 g/mol. The maximum absolute atomic E-state index is 10.7. The van der Waals surface area contributed by atoms with Crippen LogP contribution in [0.15, 0.2) is 24.3 Å². The van der Waals surface area contributed by atoms with E-state index in [2.05, 4.69) is 12.2 Å².